The van der Waals surface area contributed by atoms with Gasteiger partial charge >= 0.3 is 0 Å². The zero-order valence-electron chi connectivity index (χ0n) is 10.4. The Balaban J connectivity index is 1.87. The molecule has 2 aromatic rings. The molecule has 0 radical (unpaired) electrons. The summed E-state index contributed by atoms with van der Waals surface area (Å²) in [4.78, 5) is 12.4. The molecule has 5 heteroatoms. The summed E-state index contributed by atoms with van der Waals surface area (Å²) in [6, 6.07) is 13.5. The fourth-order valence-corrected chi connectivity index (χ4v) is 3.06. The monoisotopic (exact) mass is 330 g/mol. The topological polar surface area (TPSA) is 50.4 Å². The van der Waals surface area contributed by atoms with Gasteiger partial charge in [-0.25, -0.2) is 0 Å². The van der Waals surface area contributed by atoms with E-state index in [2.05, 4.69) is 26.6 Å². The number of carbonyl (C=O) groups excluding carboxylic acids is 1. The number of para-hydroxylation sites is 1. The molecule has 2 N–H and O–H groups in total. The molecule has 0 aliphatic carbocycles. The zero-order chi connectivity index (χ0) is 13.7. The average Bonchev–Trinajstić information content (AvgIpc) is 2.72. The van der Waals surface area contributed by atoms with Gasteiger partial charge in [0.05, 0.1) is 6.61 Å². The highest BCUT2D eigenvalue weighted by Crippen LogP contribution is 2.44. The van der Waals surface area contributed by atoms with Crippen LogP contribution < -0.4 is 10.6 Å². The molecule has 0 saturated heterocycles. The summed E-state index contributed by atoms with van der Waals surface area (Å²) in [5.74, 6) is -0.180. The van der Waals surface area contributed by atoms with Crippen LogP contribution in [-0.2, 0) is 21.9 Å². The number of anilines is 2. The van der Waals surface area contributed by atoms with Gasteiger partial charge in [0.15, 0.2) is 0 Å². The molecule has 0 unspecified atom stereocenters. The van der Waals surface area contributed by atoms with Crippen molar-refractivity contribution in [2.45, 2.75) is 12.3 Å². The van der Waals surface area contributed by atoms with Crippen molar-refractivity contribution in [3.05, 3.63) is 58.1 Å². The van der Waals surface area contributed by atoms with Gasteiger partial charge in [0.2, 0.25) is 5.72 Å². The van der Waals surface area contributed by atoms with Gasteiger partial charge in [0.1, 0.15) is 0 Å². The van der Waals surface area contributed by atoms with Crippen molar-refractivity contribution in [2.24, 2.45) is 0 Å². The van der Waals surface area contributed by atoms with Gasteiger partial charge in [-0.1, -0.05) is 34.1 Å². The molecule has 0 bridgehead atoms. The molecule has 4 rings (SSSR count). The van der Waals surface area contributed by atoms with Crippen molar-refractivity contribution in [2.75, 3.05) is 10.6 Å². The van der Waals surface area contributed by atoms with E-state index in [4.69, 9.17) is 4.74 Å². The highest BCUT2D eigenvalue weighted by molar-refractivity contribution is 9.10. The van der Waals surface area contributed by atoms with Gasteiger partial charge in [0, 0.05) is 27.0 Å². The van der Waals surface area contributed by atoms with Crippen molar-refractivity contribution in [1.29, 1.82) is 0 Å². The summed E-state index contributed by atoms with van der Waals surface area (Å²) in [5, 5.41) is 6.12. The summed E-state index contributed by atoms with van der Waals surface area (Å²) in [5.41, 5.74) is 2.44. The van der Waals surface area contributed by atoms with Crippen LogP contribution in [0, 0.1) is 0 Å². The lowest BCUT2D eigenvalue weighted by Crippen LogP contribution is -2.47. The van der Waals surface area contributed by atoms with Crippen LogP contribution in [0.15, 0.2) is 46.9 Å². The van der Waals surface area contributed by atoms with Crippen LogP contribution in [0.1, 0.15) is 11.1 Å². The van der Waals surface area contributed by atoms with E-state index in [1.165, 1.54) is 0 Å². The molecule has 1 amide bonds. The van der Waals surface area contributed by atoms with Crippen LogP contribution >= 0.6 is 15.9 Å². The zero-order valence-corrected chi connectivity index (χ0v) is 12.0. The van der Waals surface area contributed by atoms with Crippen molar-refractivity contribution < 1.29 is 9.53 Å². The fraction of sp³-hybridized carbons (Fsp3) is 0.133. The molecule has 1 spiro atoms. The minimum absolute atomic E-state index is 0.180. The van der Waals surface area contributed by atoms with Crippen molar-refractivity contribution in [3.63, 3.8) is 0 Å². The van der Waals surface area contributed by atoms with Gasteiger partial charge < -0.3 is 15.4 Å². The molecular weight excluding hydrogens is 320 g/mol. The van der Waals surface area contributed by atoms with Crippen LogP contribution in [0.5, 0.6) is 0 Å². The molecule has 0 fully saturated rings. The number of hydrogen-bond donors (Lipinski definition) is 2. The number of fused-ring (bicyclic) bond motifs is 3. The quantitative estimate of drug-likeness (QED) is 0.779. The fourth-order valence-electron chi connectivity index (χ4n) is 2.70. The van der Waals surface area contributed by atoms with Crippen LogP contribution in [-0.4, -0.2) is 5.91 Å². The lowest BCUT2D eigenvalue weighted by Gasteiger charge is -2.35. The van der Waals surface area contributed by atoms with E-state index >= 15 is 0 Å². The number of carbonyl (C=O) groups is 1. The molecule has 2 aliphatic rings. The lowest BCUT2D eigenvalue weighted by atomic mass is 10.0. The number of amides is 1. The van der Waals surface area contributed by atoms with Crippen molar-refractivity contribution >= 4 is 33.2 Å². The third-order valence-electron chi connectivity index (χ3n) is 3.70. The second-order valence-electron chi connectivity index (χ2n) is 4.90. The minimum Gasteiger partial charge on any atom is -0.346 e. The van der Waals surface area contributed by atoms with Gasteiger partial charge in [-0.2, -0.15) is 0 Å². The first kappa shape index (κ1) is 11.9. The van der Waals surface area contributed by atoms with Crippen LogP contribution in [0.4, 0.5) is 11.4 Å². The molecule has 2 heterocycles. The van der Waals surface area contributed by atoms with Gasteiger partial charge in [-0.3, -0.25) is 4.79 Å². The molecule has 100 valence electrons. The van der Waals surface area contributed by atoms with E-state index in [1.807, 2.05) is 42.5 Å². The minimum atomic E-state index is -1.13. The van der Waals surface area contributed by atoms with Gasteiger partial charge in [0.25, 0.3) is 5.91 Å². The number of ether oxygens (including phenoxy) is 1. The second-order valence-corrected chi connectivity index (χ2v) is 5.81. The maximum Gasteiger partial charge on any atom is 0.282 e. The smallest absolute Gasteiger partial charge is 0.282 e. The van der Waals surface area contributed by atoms with Crippen LogP contribution in [0.3, 0.4) is 0 Å². The predicted octanol–water partition coefficient (Wildman–Crippen LogP) is 3.20. The van der Waals surface area contributed by atoms with Crippen molar-refractivity contribution in [1.82, 2.24) is 0 Å². The summed E-state index contributed by atoms with van der Waals surface area (Å²) in [6.07, 6.45) is 0. The summed E-state index contributed by atoms with van der Waals surface area (Å²) in [7, 11) is 0. The number of hydrogen-bond acceptors (Lipinski definition) is 3. The van der Waals surface area contributed by atoms with Crippen molar-refractivity contribution in [3.8, 4) is 0 Å². The second kappa shape index (κ2) is 4.07. The Morgan fingerprint density at radius 1 is 1.15 bits per heavy atom. The highest BCUT2D eigenvalue weighted by atomic mass is 79.9. The molecule has 20 heavy (non-hydrogen) atoms. The number of benzene rings is 2. The van der Waals surface area contributed by atoms with Gasteiger partial charge in [-0.15, -0.1) is 0 Å². The standard InChI is InChI=1S/C15H11BrN2O2/c16-10-5-6-13-11(7-10)15(14(19)17-13)18-12-4-2-1-3-9(12)8-20-15/h1-7,18H,8H2,(H,17,19)/t15-/m0/s1. The Bertz CT molecular complexity index is 732. The molecule has 2 aromatic carbocycles. The molecule has 2 aliphatic heterocycles. The van der Waals surface area contributed by atoms with Gasteiger partial charge in [-0.05, 0) is 24.3 Å². The molecule has 0 aromatic heterocycles. The number of nitrogens with one attached hydrogen (secondary N) is 2. The largest absolute Gasteiger partial charge is 0.346 e. The SMILES string of the molecule is O=C1Nc2ccc(Br)cc2[C@@]12Nc1ccccc1CO2. The molecular formula is C15H11BrN2O2. The molecule has 1 atom stereocenters. The highest BCUT2D eigenvalue weighted by Gasteiger charge is 2.50. The summed E-state index contributed by atoms with van der Waals surface area (Å²) < 4.78 is 6.82. The van der Waals surface area contributed by atoms with Crippen LogP contribution in [0.25, 0.3) is 0 Å². The van der Waals surface area contributed by atoms with E-state index in [1.54, 1.807) is 0 Å². The number of rotatable bonds is 0. The Labute approximate surface area is 124 Å². The summed E-state index contributed by atoms with van der Waals surface area (Å²) >= 11 is 3.44. The van der Waals surface area contributed by atoms with E-state index < -0.39 is 5.72 Å². The first-order valence-electron chi connectivity index (χ1n) is 6.30. The Morgan fingerprint density at radius 2 is 2.00 bits per heavy atom. The maximum atomic E-state index is 12.4. The molecule has 0 saturated carbocycles. The lowest BCUT2D eigenvalue weighted by molar-refractivity contribution is -0.140. The first-order valence-corrected chi connectivity index (χ1v) is 7.10. The normalized spacial score (nSPS) is 22.9. The average molecular weight is 331 g/mol. The third-order valence-corrected chi connectivity index (χ3v) is 4.19. The summed E-state index contributed by atoms with van der Waals surface area (Å²) in [6.45, 7) is 0.405. The third kappa shape index (κ3) is 1.53. The van der Waals surface area contributed by atoms with E-state index in [0.717, 1.165) is 27.0 Å². The maximum absolute atomic E-state index is 12.4. The van der Waals surface area contributed by atoms with E-state index in [0.29, 0.717) is 6.61 Å². The van der Waals surface area contributed by atoms with E-state index in [9.17, 15) is 4.79 Å². The predicted molar refractivity (Wildman–Crippen MR) is 79.3 cm³/mol. The number of halogens is 1. The Hall–Kier alpha value is -1.85. The van der Waals surface area contributed by atoms with E-state index in [-0.39, 0.29) is 5.91 Å². The Morgan fingerprint density at radius 3 is 2.90 bits per heavy atom. The van der Waals surface area contributed by atoms with Crippen LogP contribution in [0.2, 0.25) is 0 Å². The Kier molecular flexibility index (Phi) is 2.43. The first-order chi connectivity index (χ1) is 9.69. The molecule has 4 nitrogen and oxygen atoms in total.